The molecule has 5 nitrogen and oxygen atoms in total. The lowest BCUT2D eigenvalue weighted by atomic mass is 10.0. The number of hydrogen-bond donors (Lipinski definition) is 2. The van der Waals surface area contributed by atoms with Gasteiger partial charge in [0, 0.05) is 0 Å². The molecule has 0 atom stereocenters. The van der Waals surface area contributed by atoms with Crippen molar-refractivity contribution in [3.05, 3.63) is 18.3 Å². The summed E-state index contributed by atoms with van der Waals surface area (Å²) in [5.41, 5.74) is 5.87. The van der Waals surface area contributed by atoms with Crippen molar-refractivity contribution in [2.24, 2.45) is 0 Å². The van der Waals surface area contributed by atoms with E-state index >= 15 is 0 Å². The van der Waals surface area contributed by atoms with Gasteiger partial charge in [-0.15, -0.1) is 0 Å². The highest BCUT2D eigenvalue weighted by Gasteiger charge is 2.31. The first kappa shape index (κ1) is 10.2. The van der Waals surface area contributed by atoms with Crippen LogP contribution in [0.5, 0.6) is 0 Å². The second-order valence-corrected chi connectivity index (χ2v) is 5.63. The van der Waals surface area contributed by atoms with Crippen LogP contribution < -0.4 is 10.5 Å². The first-order valence-electron chi connectivity index (χ1n) is 4.81. The van der Waals surface area contributed by atoms with Gasteiger partial charge in [0.15, 0.2) is 0 Å². The van der Waals surface area contributed by atoms with Crippen LogP contribution >= 0.6 is 0 Å². The highest BCUT2D eigenvalue weighted by atomic mass is 32.2. The molecule has 0 saturated heterocycles. The predicted molar refractivity (Wildman–Crippen MR) is 58.8 cm³/mol. The van der Waals surface area contributed by atoms with Gasteiger partial charge in [-0.25, -0.2) is 13.4 Å². The summed E-state index contributed by atoms with van der Waals surface area (Å²) in [6.07, 6.45) is 3.91. The van der Waals surface area contributed by atoms with Gasteiger partial charge < -0.3 is 5.73 Å². The molecule has 0 aliphatic heterocycles. The Balaban J connectivity index is 2.11. The van der Waals surface area contributed by atoms with Crippen LogP contribution in [0, 0.1) is 0 Å². The summed E-state index contributed by atoms with van der Waals surface area (Å²) >= 11 is 0. The third-order valence-corrected chi connectivity index (χ3v) is 4.41. The van der Waals surface area contributed by atoms with Crippen LogP contribution in [0.2, 0.25) is 0 Å². The molecule has 15 heavy (non-hydrogen) atoms. The SMILES string of the molecule is Nc1ccc(NS(=O)(=O)C2CCC2)cn1. The van der Waals surface area contributed by atoms with Crippen LogP contribution in [0.3, 0.4) is 0 Å². The number of pyridine rings is 1. The molecule has 0 unspecified atom stereocenters. The zero-order valence-electron chi connectivity index (χ0n) is 8.18. The monoisotopic (exact) mass is 227 g/mol. The molecule has 1 fully saturated rings. The minimum absolute atomic E-state index is 0.241. The third kappa shape index (κ3) is 2.20. The Hall–Kier alpha value is -1.30. The Morgan fingerprint density at radius 2 is 2.13 bits per heavy atom. The summed E-state index contributed by atoms with van der Waals surface area (Å²) in [7, 11) is -3.22. The molecule has 0 spiro atoms. The second-order valence-electron chi connectivity index (χ2n) is 3.67. The standard InChI is InChI=1S/C9H13N3O2S/c10-9-5-4-7(6-11-9)12-15(13,14)8-2-1-3-8/h4-6,8,12H,1-3H2,(H2,10,11). The van der Waals surface area contributed by atoms with E-state index in [9.17, 15) is 8.42 Å². The maximum absolute atomic E-state index is 11.7. The average Bonchev–Trinajstić information content (AvgIpc) is 2.04. The molecule has 1 aliphatic carbocycles. The highest BCUT2D eigenvalue weighted by Crippen LogP contribution is 2.27. The number of hydrogen-bond acceptors (Lipinski definition) is 4. The zero-order valence-corrected chi connectivity index (χ0v) is 9.00. The van der Waals surface area contributed by atoms with Crippen LogP contribution in [0.25, 0.3) is 0 Å². The van der Waals surface area contributed by atoms with Gasteiger partial charge in [0.2, 0.25) is 10.0 Å². The van der Waals surface area contributed by atoms with Gasteiger partial charge in [0.05, 0.1) is 17.1 Å². The fourth-order valence-electron chi connectivity index (χ4n) is 1.39. The number of nitrogens with zero attached hydrogens (tertiary/aromatic N) is 1. The second kappa shape index (κ2) is 3.69. The molecule has 0 bridgehead atoms. The van der Waals surface area contributed by atoms with E-state index in [1.165, 1.54) is 6.20 Å². The lowest BCUT2D eigenvalue weighted by Gasteiger charge is -2.25. The maximum atomic E-state index is 11.7. The first-order valence-corrected chi connectivity index (χ1v) is 6.36. The number of sulfonamides is 1. The molecule has 82 valence electrons. The molecular weight excluding hydrogens is 214 g/mol. The summed E-state index contributed by atoms with van der Waals surface area (Å²) in [6, 6.07) is 3.18. The number of aromatic nitrogens is 1. The summed E-state index contributed by atoms with van der Waals surface area (Å²) in [4.78, 5) is 3.82. The largest absolute Gasteiger partial charge is 0.384 e. The summed E-state index contributed by atoms with van der Waals surface area (Å²) < 4.78 is 25.9. The van der Waals surface area contributed by atoms with Crippen molar-refractivity contribution in [1.82, 2.24) is 4.98 Å². The Morgan fingerprint density at radius 3 is 2.60 bits per heavy atom. The fraction of sp³-hybridized carbons (Fsp3) is 0.444. The Kier molecular flexibility index (Phi) is 2.52. The maximum Gasteiger partial charge on any atom is 0.235 e. The molecule has 1 aromatic rings. The van der Waals surface area contributed by atoms with E-state index < -0.39 is 10.0 Å². The molecule has 3 N–H and O–H groups in total. The van der Waals surface area contributed by atoms with E-state index in [0.29, 0.717) is 11.5 Å². The van der Waals surface area contributed by atoms with E-state index in [1.54, 1.807) is 12.1 Å². The zero-order chi connectivity index (χ0) is 10.9. The molecule has 2 rings (SSSR count). The van der Waals surface area contributed by atoms with Crippen LogP contribution in [-0.4, -0.2) is 18.7 Å². The molecule has 0 amide bonds. The molecule has 0 aromatic carbocycles. The van der Waals surface area contributed by atoms with E-state index in [-0.39, 0.29) is 5.25 Å². The number of rotatable bonds is 3. The van der Waals surface area contributed by atoms with Crippen molar-refractivity contribution in [3.8, 4) is 0 Å². The smallest absolute Gasteiger partial charge is 0.235 e. The first-order chi connectivity index (χ1) is 7.08. The minimum atomic E-state index is -3.22. The lowest BCUT2D eigenvalue weighted by Crippen LogP contribution is -2.33. The minimum Gasteiger partial charge on any atom is -0.384 e. The van der Waals surface area contributed by atoms with Gasteiger partial charge >= 0.3 is 0 Å². The lowest BCUT2D eigenvalue weighted by molar-refractivity contribution is 0.479. The van der Waals surface area contributed by atoms with Crippen molar-refractivity contribution in [2.75, 3.05) is 10.5 Å². The van der Waals surface area contributed by atoms with Crippen LogP contribution in [0.1, 0.15) is 19.3 Å². The summed E-state index contributed by atoms with van der Waals surface area (Å²) in [5, 5.41) is -0.241. The Morgan fingerprint density at radius 1 is 1.40 bits per heavy atom. The van der Waals surface area contributed by atoms with E-state index in [4.69, 9.17) is 5.73 Å². The van der Waals surface area contributed by atoms with Crippen molar-refractivity contribution in [1.29, 1.82) is 0 Å². The predicted octanol–water partition coefficient (Wildman–Crippen LogP) is 0.958. The quantitative estimate of drug-likeness (QED) is 0.805. The van der Waals surface area contributed by atoms with Crippen LogP contribution in [-0.2, 0) is 10.0 Å². The van der Waals surface area contributed by atoms with E-state index in [2.05, 4.69) is 9.71 Å². The van der Waals surface area contributed by atoms with Gasteiger partial charge in [-0.05, 0) is 25.0 Å². The van der Waals surface area contributed by atoms with Crippen molar-refractivity contribution in [3.63, 3.8) is 0 Å². The number of nitrogens with one attached hydrogen (secondary N) is 1. The molecule has 1 aliphatic rings. The van der Waals surface area contributed by atoms with Gasteiger partial charge in [-0.1, -0.05) is 6.42 Å². The Labute approximate surface area is 88.8 Å². The summed E-state index contributed by atoms with van der Waals surface area (Å²) in [6.45, 7) is 0. The van der Waals surface area contributed by atoms with Crippen molar-refractivity contribution < 1.29 is 8.42 Å². The van der Waals surface area contributed by atoms with Gasteiger partial charge in [-0.2, -0.15) is 0 Å². The van der Waals surface area contributed by atoms with Gasteiger partial charge in [0.25, 0.3) is 0 Å². The number of nitrogen functional groups attached to an aromatic ring is 1. The summed E-state index contributed by atoms with van der Waals surface area (Å²) in [5.74, 6) is 0.376. The number of anilines is 2. The molecule has 1 saturated carbocycles. The van der Waals surface area contributed by atoms with Crippen molar-refractivity contribution >= 4 is 21.5 Å². The van der Waals surface area contributed by atoms with Crippen molar-refractivity contribution in [2.45, 2.75) is 24.5 Å². The normalized spacial score (nSPS) is 17.1. The van der Waals surface area contributed by atoms with Crippen LogP contribution in [0.4, 0.5) is 11.5 Å². The third-order valence-electron chi connectivity index (χ3n) is 2.54. The van der Waals surface area contributed by atoms with Crippen LogP contribution in [0.15, 0.2) is 18.3 Å². The number of nitrogens with two attached hydrogens (primary N) is 1. The molecule has 0 radical (unpaired) electrons. The van der Waals surface area contributed by atoms with E-state index in [0.717, 1.165) is 19.3 Å². The molecule has 6 heteroatoms. The average molecular weight is 227 g/mol. The van der Waals surface area contributed by atoms with E-state index in [1.807, 2.05) is 0 Å². The molecule has 1 heterocycles. The molecular formula is C9H13N3O2S. The Bertz CT molecular complexity index is 437. The van der Waals surface area contributed by atoms with Gasteiger partial charge in [0.1, 0.15) is 5.82 Å². The topological polar surface area (TPSA) is 85.1 Å². The highest BCUT2D eigenvalue weighted by molar-refractivity contribution is 7.93. The van der Waals surface area contributed by atoms with Gasteiger partial charge in [-0.3, -0.25) is 4.72 Å². The fourth-order valence-corrected chi connectivity index (χ4v) is 2.96. The molecule has 1 aromatic heterocycles.